The van der Waals surface area contributed by atoms with Crippen LogP contribution in [-0.2, 0) is 26.3 Å². The van der Waals surface area contributed by atoms with Crippen LogP contribution in [-0.4, -0.2) is 48.8 Å². The van der Waals surface area contributed by atoms with Crippen molar-refractivity contribution in [2.24, 2.45) is 11.8 Å². The Balaban J connectivity index is 1.62. The number of methoxy groups -OCH3 is 1. The Hall–Kier alpha value is -3.51. The summed E-state index contributed by atoms with van der Waals surface area (Å²) in [6, 6.07) is 28.8. The van der Waals surface area contributed by atoms with E-state index in [4.69, 9.17) is 4.74 Å². The number of nitrogens with zero attached hydrogens (tertiary/aromatic N) is 2. The third-order valence-corrected chi connectivity index (χ3v) is 10.7. The van der Waals surface area contributed by atoms with Gasteiger partial charge in [-0.2, -0.15) is 0 Å². The number of benzene rings is 3. The summed E-state index contributed by atoms with van der Waals surface area (Å²) in [7, 11) is 3.62. The highest BCUT2D eigenvalue weighted by Gasteiger charge is 2.68. The molecule has 1 saturated heterocycles. The number of carbonyl (C=O) groups is 2. The highest BCUT2D eigenvalue weighted by atomic mass is 32.2. The number of thioether (sulfide) groups is 1. The lowest BCUT2D eigenvalue weighted by atomic mass is 9.53. The second-order valence-corrected chi connectivity index (χ2v) is 12.3. The van der Waals surface area contributed by atoms with Crippen molar-refractivity contribution in [3.05, 3.63) is 108 Å². The van der Waals surface area contributed by atoms with Crippen LogP contribution >= 0.6 is 11.8 Å². The molecule has 3 aliphatic rings. The Bertz CT molecular complexity index is 1430. The van der Waals surface area contributed by atoms with E-state index < -0.39 is 16.6 Å². The van der Waals surface area contributed by atoms with E-state index in [1.165, 1.54) is 7.11 Å². The first-order valence-electron chi connectivity index (χ1n) is 14.1. The van der Waals surface area contributed by atoms with Gasteiger partial charge in [0.05, 0.1) is 18.4 Å². The molecule has 6 heteroatoms. The van der Waals surface area contributed by atoms with Gasteiger partial charge in [-0.15, -0.1) is 11.8 Å². The lowest BCUT2D eigenvalue weighted by Gasteiger charge is -2.55. The number of carbonyl (C=O) groups excluding carboxylic acids is 2. The molecule has 6 rings (SSSR count). The van der Waals surface area contributed by atoms with Crippen LogP contribution in [0.25, 0.3) is 0 Å². The van der Waals surface area contributed by atoms with E-state index >= 15 is 4.79 Å². The van der Waals surface area contributed by atoms with Crippen molar-refractivity contribution in [2.45, 2.75) is 47.9 Å². The van der Waals surface area contributed by atoms with Crippen molar-refractivity contribution in [3.63, 3.8) is 0 Å². The van der Waals surface area contributed by atoms with Gasteiger partial charge in [-0.05, 0) is 55.0 Å². The first kappa shape index (κ1) is 26.7. The SMILES string of the molecule is C/C=C1/CN(Cc2ccccc2)C(=O)[C@H](Sc2ccccc2)[C@@]23c4ccccc4N(C)[C@@H]2CC[C@@H]1[C@@H]3C(=O)OC. The summed E-state index contributed by atoms with van der Waals surface area (Å²) >= 11 is 1.61. The highest BCUT2D eigenvalue weighted by molar-refractivity contribution is 8.00. The van der Waals surface area contributed by atoms with Gasteiger partial charge in [-0.25, -0.2) is 0 Å². The van der Waals surface area contributed by atoms with Gasteiger partial charge >= 0.3 is 5.97 Å². The van der Waals surface area contributed by atoms with E-state index in [9.17, 15) is 4.79 Å². The lowest BCUT2D eigenvalue weighted by molar-refractivity contribution is -0.154. The molecule has 5 nitrogen and oxygen atoms in total. The molecule has 3 aromatic rings. The molecule has 5 atom stereocenters. The van der Waals surface area contributed by atoms with Gasteiger partial charge in [0.25, 0.3) is 0 Å². The fourth-order valence-electron chi connectivity index (χ4n) is 7.64. The quantitative estimate of drug-likeness (QED) is 0.283. The first-order valence-corrected chi connectivity index (χ1v) is 15.0. The summed E-state index contributed by atoms with van der Waals surface area (Å²) in [6.45, 7) is 3.07. The Morgan fingerprint density at radius 1 is 1.00 bits per heavy atom. The van der Waals surface area contributed by atoms with Crippen LogP contribution in [0.5, 0.6) is 0 Å². The normalized spacial score (nSPS) is 28.5. The number of para-hydroxylation sites is 1. The molecular formula is C34H36N2O3S. The fraction of sp³-hybridized carbons (Fsp3) is 0.353. The van der Waals surface area contributed by atoms with E-state index in [2.05, 4.69) is 60.5 Å². The van der Waals surface area contributed by atoms with Crippen molar-refractivity contribution in [1.29, 1.82) is 0 Å². The van der Waals surface area contributed by atoms with Crippen LogP contribution in [0.4, 0.5) is 5.69 Å². The Morgan fingerprint density at radius 2 is 1.68 bits per heavy atom. The molecule has 40 heavy (non-hydrogen) atoms. The number of rotatable bonds is 5. The van der Waals surface area contributed by atoms with Crippen LogP contribution in [0.3, 0.4) is 0 Å². The minimum atomic E-state index is -0.761. The summed E-state index contributed by atoms with van der Waals surface area (Å²) in [4.78, 5) is 34.5. The number of hydrogen-bond donors (Lipinski definition) is 0. The van der Waals surface area contributed by atoms with Crippen LogP contribution < -0.4 is 4.90 Å². The van der Waals surface area contributed by atoms with Crippen molar-refractivity contribution < 1.29 is 14.3 Å². The zero-order valence-corrected chi connectivity index (χ0v) is 24.1. The summed E-state index contributed by atoms with van der Waals surface area (Å²) in [5.74, 6) is -0.639. The third kappa shape index (κ3) is 4.15. The van der Waals surface area contributed by atoms with Crippen LogP contribution in [0.1, 0.15) is 30.9 Å². The summed E-state index contributed by atoms with van der Waals surface area (Å²) < 4.78 is 5.61. The number of anilines is 1. The Kier molecular flexibility index (Phi) is 7.22. The van der Waals surface area contributed by atoms with E-state index in [0.29, 0.717) is 13.1 Å². The van der Waals surface area contributed by atoms with Crippen LogP contribution in [0.15, 0.2) is 101 Å². The second kappa shape index (κ2) is 10.8. The second-order valence-electron chi connectivity index (χ2n) is 11.1. The maximum atomic E-state index is 15.1. The molecule has 206 valence electrons. The molecular weight excluding hydrogens is 516 g/mol. The number of fused-ring (bicyclic) bond motifs is 2. The average molecular weight is 553 g/mol. The number of hydrogen-bond acceptors (Lipinski definition) is 5. The highest BCUT2D eigenvalue weighted by Crippen LogP contribution is 2.62. The van der Waals surface area contributed by atoms with Crippen molar-refractivity contribution in [2.75, 3.05) is 25.6 Å². The molecule has 0 radical (unpaired) electrons. The van der Waals surface area contributed by atoms with E-state index in [-0.39, 0.29) is 23.8 Å². The largest absolute Gasteiger partial charge is 0.469 e. The summed E-state index contributed by atoms with van der Waals surface area (Å²) in [5.41, 5.74) is 3.67. The molecule has 1 saturated carbocycles. The van der Waals surface area contributed by atoms with Crippen LogP contribution in [0, 0.1) is 11.8 Å². The lowest BCUT2D eigenvalue weighted by Crippen LogP contribution is -2.66. The molecule has 0 unspecified atom stereocenters. The number of ether oxygens (including phenoxy) is 1. The predicted molar refractivity (Wildman–Crippen MR) is 160 cm³/mol. The molecule has 0 N–H and O–H groups in total. The van der Waals surface area contributed by atoms with Crippen molar-refractivity contribution in [1.82, 2.24) is 4.90 Å². The van der Waals surface area contributed by atoms with E-state index in [1.807, 2.05) is 54.3 Å². The zero-order valence-electron chi connectivity index (χ0n) is 23.3. The number of likely N-dealkylation sites (N-methyl/N-ethyl adjacent to an activating group) is 1. The molecule has 2 fully saturated rings. The first-order chi connectivity index (χ1) is 19.5. The standard InChI is InChI=1S/C34H36N2O3S/c1-4-24-22-36(21-23-13-7-5-8-14-23)32(37)31(40-25-15-9-6-10-16-25)34-27-17-11-12-18-28(27)35(2)29(34)20-19-26(24)30(34)33(38)39-3/h4-18,26,29-31H,19-22H2,1-3H3/b24-4-/t26-,29+,30+,31-,34-/m0/s1. The topological polar surface area (TPSA) is 49.9 Å². The molecule has 1 spiro atoms. The smallest absolute Gasteiger partial charge is 0.310 e. The van der Waals surface area contributed by atoms with Crippen molar-refractivity contribution >= 4 is 29.3 Å². The minimum Gasteiger partial charge on any atom is -0.469 e. The van der Waals surface area contributed by atoms with E-state index in [1.54, 1.807) is 11.8 Å². The van der Waals surface area contributed by atoms with Crippen LogP contribution in [0.2, 0.25) is 0 Å². The molecule has 2 aliphatic heterocycles. The van der Waals surface area contributed by atoms with Gasteiger partial charge < -0.3 is 14.5 Å². The fourth-order valence-corrected chi connectivity index (χ4v) is 9.10. The molecule has 3 aromatic carbocycles. The van der Waals surface area contributed by atoms with Crippen molar-refractivity contribution in [3.8, 4) is 0 Å². The monoisotopic (exact) mass is 552 g/mol. The minimum absolute atomic E-state index is 0.00908. The molecule has 1 aliphatic carbocycles. The molecule has 1 amide bonds. The molecule has 2 bridgehead atoms. The molecule has 0 aromatic heterocycles. The number of allylic oxidation sites excluding steroid dienone is 1. The molecule has 2 heterocycles. The average Bonchev–Trinajstić information content (AvgIpc) is 3.26. The van der Waals surface area contributed by atoms with Gasteiger partial charge in [0, 0.05) is 36.8 Å². The zero-order chi connectivity index (χ0) is 27.9. The number of amides is 1. The van der Waals surface area contributed by atoms with Gasteiger partial charge in [-0.3, -0.25) is 9.59 Å². The maximum Gasteiger partial charge on any atom is 0.310 e. The maximum absolute atomic E-state index is 15.1. The Labute approximate surface area is 241 Å². The summed E-state index contributed by atoms with van der Waals surface area (Å²) in [5, 5.41) is -0.514. The number of likely N-dealkylation sites (tertiary alicyclic amines) is 1. The predicted octanol–water partition coefficient (Wildman–Crippen LogP) is 6.09. The van der Waals surface area contributed by atoms with Gasteiger partial charge in [-0.1, -0.05) is 78.4 Å². The Morgan fingerprint density at radius 3 is 2.38 bits per heavy atom. The summed E-state index contributed by atoms with van der Waals surface area (Å²) in [6.07, 6.45) is 3.91. The van der Waals surface area contributed by atoms with Gasteiger partial charge in [0.2, 0.25) is 5.91 Å². The number of esters is 1. The van der Waals surface area contributed by atoms with Gasteiger partial charge in [0.1, 0.15) is 5.25 Å². The van der Waals surface area contributed by atoms with Gasteiger partial charge in [0.15, 0.2) is 0 Å². The van der Waals surface area contributed by atoms with E-state index in [0.717, 1.165) is 40.1 Å². The third-order valence-electron chi connectivity index (χ3n) is 9.30.